The smallest absolute Gasteiger partial charge is 0.372 e. The zero-order chi connectivity index (χ0) is 20.1. The molecule has 1 aliphatic heterocycles. The molecule has 4 nitrogen and oxygen atoms in total. The first kappa shape index (κ1) is 19.9. The van der Waals surface area contributed by atoms with Gasteiger partial charge in [-0.1, -0.05) is 12.1 Å². The summed E-state index contributed by atoms with van der Waals surface area (Å²) >= 11 is 0. The Bertz CT molecular complexity index is 871. The van der Waals surface area contributed by atoms with Crippen LogP contribution >= 0.6 is 0 Å². The van der Waals surface area contributed by atoms with Crippen molar-refractivity contribution in [2.45, 2.75) is 32.4 Å². The minimum atomic E-state index is -4.49. The minimum absolute atomic E-state index is 0.0934. The highest BCUT2D eigenvalue weighted by Gasteiger charge is 2.30. The molecule has 0 bridgehead atoms. The Morgan fingerprint density at radius 3 is 2.54 bits per heavy atom. The highest BCUT2D eigenvalue weighted by Crippen LogP contribution is 2.29. The van der Waals surface area contributed by atoms with Gasteiger partial charge in [-0.2, -0.15) is 18.3 Å². The number of hydrogen-bond acceptors (Lipinski definition) is 3. The predicted molar refractivity (Wildman–Crippen MR) is 104 cm³/mol. The Morgan fingerprint density at radius 1 is 1.11 bits per heavy atom. The molecule has 0 radical (unpaired) electrons. The molecule has 28 heavy (non-hydrogen) atoms. The van der Waals surface area contributed by atoms with Crippen LogP contribution in [0.5, 0.6) is 0 Å². The maximum atomic E-state index is 12.8. The molecule has 0 spiro atoms. The molecule has 2 aromatic carbocycles. The van der Waals surface area contributed by atoms with Crippen molar-refractivity contribution in [3.05, 3.63) is 64.7 Å². The number of nitrogens with one attached hydrogen (secondary N) is 1. The predicted octanol–water partition coefficient (Wildman–Crippen LogP) is 4.77. The number of aryl methyl sites for hydroxylation is 1. The van der Waals surface area contributed by atoms with E-state index in [2.05, 4.69) is 21.5 Å². The highest BCUT2D eigenvalue weighted by molar-refractivity contribution is 5.95. The van der Waals surface area contributed by atoms with Gasteiger partial charge in [-0.25, -0.2) is 5.43 Å². The van der Waals surface area contributed by atoms with E-state index in [1.165, 1.54) is 43.3 Å². The van der Waals surface area contributed by atoms with Gasteiger partial charge in [0.1, 0.15) is 0 Å². The molecule has 1 heterocycles. The van der Waals surface area contributed by atoms with E-state index in [1.54, 1.807) is 0 Å². The van der Waals surface area contributed by atoms with Crippen molar-refractivity contribution >= 4 is 17.8 Å². The average Bonchev–Trinajstić information content (AvgIpc) is 2.69. The van der Waals surface area contributed by atoms with Gasteiger partial charge in [0.2, 0.25) is 0 Å². The van der Waals surface area contributed by atoms with Crippen molar-refractivity contribution in [1.82, 2.24) is 5.43 Å². The Kier molecular flexibility index (Phi) is 6.02. The number of anilines is 1. The molecule has 0 aliphatic carbocycles. The average molecular weight is 389 g/mol. The Morgan fingerprint density at radius 2 is 1.86 bits per heavy atom. The van der Waals surface area contributed by atoms with E-state index in [0.717, 1.165) is 36.3 Å². The Labute approximate surface area is 162 Å². The summed E-state index contributed by atoms with van der Waals surface area (Å²) in [4.78, 5) is 14.4. The van der Waals surface area contributed by atoms with E-state index in [9.17, 15) is 18.0 Å². The van der Waals surface area contributed by atoms with E-state index in [1.807, 2.05) is 19.1 Å². The standard InChI is InChI=1S/C21H22F3N3O/c1-15-12-19(27-10-3-2-4-11-27)9-8-17(15)14-25-26-20(28)16-6-5-7-18(13-16)21(22,23)24/h5-9,12-14H,2-4,10-11H2,1H3,(H,26,28)/b25-14+. The van der Waals surface area contributed by atoms with Gasteiger partial charge in [0.15, 0.2) is 0 Å². The molecule has 3 rings (SSSR count). The summed E-state index contributed by atoms with van der Waals surface area (Å²) in [6.07, 6.45) is 0.674. The maximum absolute atomic E-state index is 12.8. The number of hydrogen-bond donors (Lipinski definition) is 1. The second-order valence-corrected chi connectivity index (χ2v) is 6.87. The molecule has 0 aromatic heterocycles. The first-order chi connectivity index (χ1) is 13.3. The van der Waals surface area contributed by atoms with Gasteiger partial charge < -0.3 is 4.90 Å². The van der Waals surface area contributed by atoms with Crippen molar-refractivity contribution in [1.29, 1.82) is 0 Å². The lowest BCUT2D eigenvalue weighted by Crippen LogP contribution is -2.29. The van der Waals surface area contributed by atoms with Crippen LogP contribution in [-0.4, -0.2) is 25.2 Å². The van der Waals surface area contributed by atoms with E-state index in [0.29, 0.717) is 0 Å². The fraction of sp³-hybridized carbons (Fsp3) is 0.333. The number of rotatable bonds is 4. The van der Waals surface area contributed by atoms with E-state index >= 15 is 0 Å². The lowest BCUT2D eigenvalue weighted by atomic mass is 10.1. The van der Waals surface area contributed by atoms with Crippen LogP contribution in [-0.2, 0) is 6.18 Å². The Balaban J connectivity index is 1.65. The van der Waals surface area contributed by atoms with E-state index in [-0.39, 0.29) is 5.56 Å². The molecular weight excluding hydrogens is 367 g/mol. The number of alkyl halides is 3. The second kappa shape index (κ2) is 8.46. The van der Waals surface area contributed by atoms with Crippen LogP contribution in [0.1, 0.15) is 46.3 Å². The molecular formula is C21H22F3N3O. The van der Waals surface area contributed by atoms with Crippen molar-refractivity contribution in [2.24, 2.45) is 5.10 Å². The van der Waals surface area contributed by atoms with Crippen LogP contribution in [0.25, 0.3) is 0 Å². The van der Waals surface area contributed by atoms with Gasteiger partial charge in [-0.05, 0) is 67.6 Å². The molecule has 1 fully saturated rings. The SMILES string of the molecule is Cc1cc(N2CCCCC2)ccc1/C=N/NC(=O)c1cccc(C(F)(F)F)c1. The molecule has 7 heteroatoms. The van der Waals surface area contributed by atoms with Gasteiger partial charge in [0.05, 0.1) is 11.8 Å². The Hall–Kier alpha value is -2.83. The topological polar surface area (TPSA) is 44.7 Å². The third-order valence-corrected chi connectivity index (χ3v) is 4.80. The fourth-order valence-corrected chi connectivity index (χ4v) is 3.22. The number of carbonyl (C=O) groups excluding carboxylic acids is 1. The molecule has 2 aromatic rings. The molecule has 1 N–H and O–H groups in total. The van der Waals surface area contributed by atoms with Gasteiger partial charge in [0, 0.05) is 24.3 Å². The van der Waals surface area contributed by atoms with Crippen LogP contribution in [0.15, 0.2) is 47.6 Å². The minimum Gasteiger partial charge on any atom is -0.372 e. The summed E-state index contributed by atoms with van der Waals surface area (Å²) in [5, 5.41) is 3.89. The van der Waals surface area contributed by atoms with Crippen LogP contribution < -0.4 is 10.3 Å². The number of carbonyl (C=O) groups is 1. The molecule has 1 amide bonds. The fourth-order valence-electron chi connectivity index (χ4n) is 3.22. The number of amides is 1. The number of piperidine rings is 1. The lowest BCUT2D eigenvalue weighted by Gasteiger charge is -2.29. The van der Waals surface area contributed by atoms with Gasteiger partial charge in [-0.15, -0.1) is 0 Å². The zero-order valence-corrected chi connectivity index (χ0v) is 15.6. The maximum Gasteiger partial charge on any atom is 0.416 e. The quantitative estimate of drug-likeness (QED) is 0.605. The largest absolute Gasteiger partial charge is 0.416 e. The lowest BCUT2D eigenvalue weighted by molar-refractivity contribution is -0.137. The summed E-state index contributed by atoms with van der Waals surface area (Å²) in [5.74, 6) is -0.690. The number of nitrogens with zero attached hydrogens (tertiary/aromatic N) is 2. The van der Waals surface area contributed by atoms with Crippen LogP contribution in [0.4, 0.5) is 18.9 Å². The molecule has 1 saturated heterocycles. The van der Waals surface area contributed by atoms with Gasteiger partial charge >= 0.3 is 6.18 Å². The number of halogens is 3. The van der Waals surface area contributed by atoms with Crippen molar-refractivity contribution in [2.75, 3.05) is 18.0 Å². The van der Waals surface area contributed by atoms with Crippen molar-refractivity contribution in [3.8, 4) is 0 Å². The first-order valence-corrected chi connectivity index (χ1v) is 9.21. The van der Waals surface area contributed by atoms with E-state index in [4.69, 9.17) is 0 Å². The molecule has 148 valence electrons. The van der Waals surface area contributed by atoms with Crippen LogP contribution in [0.3, 0.4) is 0 Å². The number of hydrazone groups is 1. The molecule has 0 saturated carbocycles. The monoisotopic (exact) mass is 389 g/mol. The van der Waals surface area contributed by atoms with E-state index < -0.39 is 17.6 Å². The summed E-state index contributed by atoms with van der Waals surface area (Å²) < 4.78 is 38.3. The normalized spacial score (nSPS) is 15.1. The summed E-state index contributed by atoms with van der Waals surface area (Å²) in [7, 11) is 0. The van der Waals surface area contributed by atoms with Gasteiger partial charge in [0.25, 0.3) is 5.91 Å². The van der Waals surface area contributed by atoms with Crippen molar-refractivity contribution < 1.29 is 18.0 Å². The molecule has 0 unspecified atom stereocenters. The first-order valence-electron chi connectivity index (χ1n) is 9.21. The highest BCUT2D eigenvalue weighted by atomic mass is 19.4. The van der Waals surface area contributed by atoms with Crippen LogP contribution in [0.2, 0.25) is 0 Å². The van der Waals surface area contributed by atoms with Gasteiger partial charge in [-0.3, -0.25) is 4.79 Å². The summed E-state index contributed by atoms with van der Waals surface area (Å²) in [6, 6.07) is 10.3. The number of benzene rings is 2. The summed E-state index contributed by atoms with van der Waals surface area (Å²) in [6.45, 7) is 4.07. The second-order valence-electron chi connectivity index (χ2n) is 6.87. The molecule has 1 aliphatic rings. The third kappa shape index (κ3) is 4.91. The summed E-state index contributed by atoms with van der Waals surface area (Å²) in [5.41, 5.74) is 4.34. The van der Waals surface area contributed by atoms with Crippen molar-refractivity contribution in [3.63, 3.8) is 0 Å². The zero-order valence-electron chi connectivity index (χ0n) is 15.6. The van der Waals surface area contributed by atoms with Crippen LogP contribution in [0, 0.1) is 6.92 Å². The molecule has 0 atom stereocenters. The third-order valence-electron chi connectivity index (χ3n) is 4.80.